The number of rotatable bonds is 2. The number of nitrogens with one attached hydrogen (secondary N) is 2. The summed E-state index contributed by atoms with van der Waals surface area (Å²) < 4.78 is 5.39. The Morgan fingerprint density at radius 2 is 1.89 bits per heavy atom. The number of fused-ring (bicyclic) bond motifs is 5. The van der Waals surface area contributed by atoms with Crippen LogP contribution in [0.15, 0.2) is 12.2 Å². The second-order valence-corrected chi connectivity index (χ2v) is 13.7. The molecule has 0 aromatic rings. The summed E-state index contributed by atoms with van der Waals surface area (Å²) in [6.45, 7) is 8.81. The van der Waals surface area contributed by atoms with Crippen molar-refractivity contribution >= 4 is 12.0 Å². The van der Waals surface area contributed by atoms with Gasteiger partial charge in [0.25, 0.3) is 0 Å². The first-order valence-corrected chi connectivity index (χ1v) is 15.1. The number of carbonyl (C=O) groups excluding carboxylic acids is 2. The molecule has 2 aliphatic heterocycles. The van der Waals surface area contributed by atoms with Gasteiger partial charge in [-0.1, -0.05) is 19.9 Å². The van der Waals surface area contributed by atoms with Gasteiger partial charge in [-0.2, -0.15) is 0 Å². The van der Waals surface area contributed by atoms with E-state index in [4.69, 9.17) is 4.74 Å². The maximum Gasteiger partial charge on any atom is 0.330 e. The minimum Gasteiger partial charge on any atom is -0.462 e. The lowest BCUT2D eigenvalue weighted by molar-refractivity contribution is -0.210. The lowest BCUT2D eigenvalue weighted by Crippen LogP contribution is -2.63. The standard InChI is InChI=1S/C30H47N3O4/c1-28-11-8-22(32-27(35)33-16-3-14-31-15-17-33)18-21(28)5-6-25-24(28)9-12-29(2)23(10-13-30(25,29)36)20-4-7-26(34)37-19-20/h4,7,20-25,31,36H,3,5-6,8-19H2,1-2H3,(H,32,35)/t20?,21-,22+,23-,24+,25-,28+,29-,30+/m1/s1. The van der Waals surface area contributed by atoms with E-state index in [2.05, 4.69) is 30.6 Å². The van der Waals surface area contributed by atoms with E-state index in [1.807, 2.05) is 4.90 Å². The van der Waals surface area contributed by atoms with E-state index >= 15 is 0 Å². The number of urea groups is 1. The third-order valence-electron chi connectivity index (χ3n) is 12.3. The summed E-state index contributed by atoms with van der Waals surface area (Å²) in [4.78, 5) is 26.6. The SMILES string of the molecule is C[C@]12CC[C@H](NC(=O)N3CCCNCC3)C[C@H]1CC[C@@H]1[C@@H]2CC[C@]2(C)[C@@H](C3C=CC(=O)OC3)CC[C@]12O. The summed E-state index contributed by atoms with van der Waals surface area (Å²) in [6, 6.07) is 0.389. The Morgan fingerprint density at radius 1 is 1.05 bits per heavy atom. The largest absolute Gasteiger partial charge is 0.462 e. The zero-order chi connectivity index (χ0) is 25.8. The molecule has 0 radical (unpaired) electrons. The molecule has 5 fully saturated rings. The van der Waals surface area contributed by atoms with Gasteiger partial charge in [-0.05, 0) is 99.8 Å². The summed E-state index contributed by atoms with van der Waals surface area (Å²) in [7, 11) is 0. The minimum atomic E-state index is -0.629. The molecule has 0 spiro atoms. The van der Waals surface area contributed by atoms with Crippen LogP contribution in [0.1, 0.15) is 78.1 Å². The highest BCUT2D eigenvalue weighted by molar-refractivity contribution is 5.82. The fourth-order valence-electron chi connectivity index (χ4n) is 10.1. The highest BCUT2D eigenvalue weighted by atomic mass is 16.5. The third kappa shape index (κ3) is 4.14. The molecule has 1 saturated heterocycles. The number of hydrogen-bond donors (Lipinski definition) is 3. The van der Waals surface area contributed by atoms with E-state index in [1.165, 1.54) is 6.42 Å². The smallest absolute Gasteiger partial charge is 0.330 e. The van der Waals surface area contributed by atoms with Crippen LogP contribution in [0, 0.1) is 40.4 Å². The van der Waals surface area contributed by atoms with Gasteiger partial charge in [0.2, 0.25) is 0 Å². The van der Waals surface area contributed by atoms with Crippen LogP contribution >= 0.6 is 0 Å². The summed E-state index contributed by atoms with van der Waals surface area (Å²) in [5, 5.41) is 19.2. The van der Waals surface area contributed by atoms with E-state index in [0.29, 0.717) is 30.3 Å². The Balaban J connectivity index is 1.14. The molecular weight excluding hydrogens is 466 g/mol. The normalized spacial score (nSPS) is 47.8. The molecule has 4 aliphatic carbocycles. The van der Waals surface area contributed by atoms with Gasteiger partial charge >= 0.3 is 12.0 Å². The molecule has 4 saturated carbocycles. The Bertz CT molecular complexity index is 932. The number of cyclic esters (lactones) is 1. The molecule has 9 atom stereocenters. The summed E-state index contributed by atoms with van der Waals surface area (Å²) in [5.74, 6) is 1.87. The van der Waals surface area contributed by atoms with Crippen molar-refractivity contribution in [2.45, 2.75) is 89.7 Å². The van der Waals surface area contributed by atoms with Gasteiger partial charge in [0.15, 0.2) is 0 Å². The van der Waals surface area contributed by atoms with Crippen LogP contribution in [-0.4, -0.2) is 66.4 Å². The topological polar surface area (TPSA) is 90.9 Å². The van der Waals surface area contributed by atoms with Crippen molar-refractivity contribution in [1.29, 1.82) is 0 Å². The first-order chi connectivity index (χ1) is 17.7. The molecule has 0 aromatic carbocycles. The molecule has 206 valence electrons. The molecule has 0 bridgehead atoms. The zero-order valence-corrected chi connectivity index (χ0v) is 22.8. The highest BCUT2D eigenvalue weighted by Crippen LogP contribution is 2.70. The van der Waals surface area contributed by atoms with Crippen molar-refractivity contribution in [2.75, 3.05) is 32.8 Å². The average molecular weight is 514 g/mol. The first kappa shape index (κ1) is 25.7. The highest BCUT2D eigenvalue weighted by Gasteiger charge is 2.67. The molecular formula is C30H47N3O4. The zero-order valence-electron chi connectivity index (χ0n) is 22.8. The van der Waals surface area contributed by atoms with Crippen molar-refractivity contribution < 1.29 is 19.4 Å². The van der Waals surface area contributed by atoms with Crippen molar-refractivity contribution in [3.63, 3.8) is 0 Å². The summed E-state index contributed by atoms with van der Waals surface area (Å²) >= 11 is 0. The molecule has 6 aliphatic rings. The molecule has 2 amide bonds. The minimum absolute atomic E-state index is 0.119. The molecule has 2 heterocycles. The predicted molar refractivity (Wildman–Crippen MR) is 142 cm³/mol. The van der Waals surface area contributed by atoms with Crippen LogP contribution in [0.3, 0.4) is 0 Å². The van der Waals surface area contributed by atoms with Crippen LogP contribution in [0.5, 0.6) is 0 Å². The van der Waals surface area contributed by atoms with Gasteiger partial charge in [-0.3, -0.25) is 0 Å². The van der Waals surface area contributed by atoms with E-state index in [9.17, 15) is 14.7 Å². The monoisotopic (exact) mass is 513 g/mol. The van der Waals surface area contributed by atoms with Gasteiger partial charge in [0, 0.05) is 43.1 Å². The van der Waals surface area contributed by atoms with Crippen LogP contribution < -0.4 is 10.6 Å². The average Bonchev–Trinajstić information content (AvgIpc) is 3.04. The lowest BCUT2D eigenvalue weighted by Gasteiger charge is -2.64. The van der Waals surface area contributed by atoms with Gasteiger partial charge in [-0.25, -0.2) is 9.59 Å². The Morgan fingerprint density at radius 3 is 2.70 bits per heavy atom. The van der Waals surface area contributed by atoms with Crippen molar-refractivity contribution in [3.8, 4) is 0 Å². The quantitative estimate of drug-likeness (QED) is 0.488. The lowest BCUT2D eigenvalue weighted by atomic mass is 9.43. The predicted octanol–water partition coefficient (Wildman–Crippen LogP) is 3.86. The molecule has 7 heteroatoms. The Labute approximate surface area is 222 Å². The maximum absolute atomic E-state index is 13.0. The number of aliphatic hydroxyl groups is 1. The van der Waals surface area contributed by atoms with Gasteiger partial charge in [0.05, 0.1) is 12.2 Å². The van der Waals surface area contributed by atoms with E-state index in [-0.39, 0.29) is 34.8 Å². The van der Waals surface area contributed by atoms with Crippen LogP contribution in [-0.2, 0) is 9.53 Å². The molecule has 37 heavy (non-hydrogen) atoms. The molecule has 7 nitrogen and oxygen atoms in total. The second kappa shape index (κ2) is 9.55. The fraction of sp³-hybridized carbons (Fsp3) is 0.867. The van der Waals surface area contributed by atoms with Crippen molar-refractivity contribution in [1.82, 2.24) is 15.5 Å². The number of amides is 2. The van der Waals surface area contributed by atoms with E-state index in [1.54, 1.807) is 6.08 Å². The van der Waals surface area contributed by atoms with E-state index < -0.39 is 5.60 Å². The van der Waals surface area contributed by atoms with Crippen LogP contribution in [0.4, 0.5) is 4.79 Å². The number of carbonyl (C=O) groups is 2. The Kier molecular flexibility index (Phi) is 6.62. The summed E-state index contributed by atoms with van der Waals surface area (Å²) in [6.07, 6.45) is 14.3. The van der Waals surface area contributed by atoms with Gasteiger partial charge in [0.1, 0.15) is 0 Å². The van der Waals surface area contributed by atoms with Crippen LogP contribution in [0.25, 0.3) is 0 Å². The third-order valence-corrected chi connectivity index (χ3v) is 12.3. The van der Waals surface area contributed by atoms with Crippen LogP contribution in [0.2, 0.25) is 0 Å². The fourth-order valence-corrected chi connectivity index (χ4v) is 10.1. The second-order valence-electron chi connectivity index (χ2n) is 13.7. The van der Waals surface area contributed by atoms with Gasteiger partial charge in [-0.15, -0.1) is 0 Å². The van der Waals surface area contributed by atoms with Gasteiger partial charge < -0.3 is 25.4 Å². The molecule has 0 aromatic heterocycles. The Hall–Kier alpha value is -1.60. The maximum atomic E-state index is 13.0. The number of nitrogens with zero attached hydrogens (tertiary/aromatic N) is 1. The number of esters is 1. The van der Waals surface area contributed by atoms with E-state index in [0.717, 1.165) is 84.0 Å². The summed E-state index contributed by atoms with van der Waals surface area (Å²) in [5.41, 5.74) is -0.509. The molecule has 3 N–H and O–H groups in total. The molecule has 6 rings (SSSR count). The van der Waals surface area contributed by atoms with Crippen molar-refractivity contribution in [2.24, 2.45) is 40.4 Å². The van der Waals surface area contributed by atoms with Crippen molar-refractivity contribution in [3.05, 3.63) is 12.2 Å². The number of hydrogen-bond acceptors (Lipinski definition) is 5. The first-order valence-electron chi connectivity index (χ1n) is 15.1. The molecule has 1 unspecified atom stereocenters. The number of ether oxygens (including phenoxy) is 1.